The number of benzene rings is 1. The molecule has 16 heteroatoms. The highest BCUT2D eigenvalue weighted by Gasteiger charge is 2.67. The van der Waals surface area contributed by atoms with Gasteiger partial charge in [-0.15, -0.1) is 0 Å². The lowest BCUT2D eigenvalue weighted by molar-refractivity contribution is -0.0596. The minimum Gasteiger partial charge on any atom is -0.406 e. The third-order valence-corrected chi connectivity index (χ3v) is 13.6. The van der Waals surface area contributed by atoms with Gasteiger partial charge in [-0.05, 0) is 37.2 Å². The van der Waals surface area contributed by atoms with Gasteiger partial charge in [0, 0.05) is 24.4 Å². The first kappa shape index (κ1) is 32.5. The zero-order valence-corrected chi connectivity index (χ0v) is 26.7. The van der Waals surface area contributed by atoms with Crippen LogP contribution in [0.1, 0.15) is 42.9 Å². The summed E-state index contributed by atoms with van der Waals surface area (Å²) in [5, 5.41) is 15.2. The molecule has 3 N–H and O–H groups in total. The van der Waals surface area contributed by atoms with E-state index in [2.05, 4.69) is 10.6 Å². The number of urea groups is 1. The molecule has 234 valence electrons. The SMILES string of the molecule is Cc1cn([C@@H]2O[C@H](CO)[C@@]3(OS(=O)(=O)C=C3NC(=O)NC(=O)c3ccccc3)[C@H]2O[Si](C)(C)C(C)(C)C)c(=O)n(C)c1=O. The molecule has 3 heterocycles. The van der Waals surface area contributed by atoms with E-state index in [1.165, 1.54) is 32.3 Å². The van der Waals surface area contributed by atoms with E-state index in [0.717, 1.165) is 9.13 Å². The van der Waals surface area contributed by atoms with E-state index in [9.17, 15) is 32.7 Å². The molecule has 1 aromatic carbocycles. The Kier molecular flexibility index (Phi) is 8.51. The molecule has 4 atom stereocenters. The third kappa shape index (κ3) is 5.90. The van der Waals surface area contributed by atoms with Crippen molar-refractivity contribution in [3.05, 3.63) is 79.6 Å². The molecular weight excluding hydrogens is 600 g/mol. The van der Waals surface area contributed by atoms with Gasteiger partial charge in [-0.1, -0.05) is 39.0 Å². The van der Waals surface area contributed by atoms with Gasteiger partial charge < -0.3 is 19.6 Å². The predicted octanol–water partition coefficient (Wildman–Crippen LogP) is 1.22. The van der Waals surface area contributed by atoms with Crippen LogP contribution in [-0.2, 0) is 30.5 Å². The Hall–Kier alpha value is -3.41. The minimum absolute atomic E-state index is 0.178. The van der Waals surface area contributed by atoms with E-state index in [1.807, 2.05) is 33.9 Å². The zero-order chi connectivity index (χ0) is 32.1. The van der Waals surface area contributed by atoms with Gasteiger partial charge in [0.2, 0.25) is 0 Å². The van der Waals surface area contributed by atoms with Crippen LogP contribution in [-0.4, -0.2) is 67.3 Å². The molecule has 0 radical (unpaired) electrons. The quantitative estimate of drug-likeness (QED) is 0.308. The van der Waals surface area contributed by atoms with E-state index in [-0.39, 0.29) is 16.8 Å². The molecule has 14 nitrogen and oxygen atoms in total. The molecule has 43 heavy (non-hydrogen) atoms. The fraction of sp³-hybridized carbons (Fsp3) is 0.481. The van der Waals surface area contributed by atoms with Crippen LogP contribution in [0.25, 0.3) is 0 Å². The number of aromatic nitrogens is 2. The highest BCUT2D eigenvalue weighted by molar-refractivity contribution is 7.90. The number of hydrogen-bond donors (Lipinski definition) is 3. The van der Waals surface area contributed by atoms with Crippen molar-refractivity contribution in [1.82, 2.24) is 19.8 Å². The van der Waals surface area contributed by atoms with Gasteiger partial charge in [0.1, 0.15) is 12.2 Å². The Morgan fingerprint density at radius 2 is 1.79 bits per heavy atom. The van der Waals surface area contributed by atoms with Crippen molar-refractivity contribution in [2.24, 2.45) is 7.05 Å². The smallest absolute Gasteiger partial charge is 0.332 e. The molecule has 1 saturated heterocycles. The van der Waals surface area contributed by atoms with E-state index >= 15 is 0 Å². The molecule has 2 aromatic rings. The highest BCUT2D eigenvalue weighted by atomic mass is 32.2. The van der Waals surface area contributed by atoms with Crippen molar-refractivity contribution in [3.8, 4) is 0 Å². The Labute approximate surface area is 249 Å². The lowest BCUT2D eigenvalue weighted by atomic mass is 9.89. The van der Waals surface area contributed by atoms with E-state index < -0.39 is 77.3 Å². The average molecular weight is 637 g/mol. The summed E-state index contributed by atoms with van der Waals surface area (Å²) < 4.78 is 46.5. The van der Waals surface area contributed by atoms with Crippen molar-refractivity contribution in [2.75, 3.05) is 6.61 Å². The lowest BCUT2D eigenvalue weighted by Crippen LogP contribution is -2.60. The Morgan fingerprint density at radius 1 is 1.16 bits per heavy atom. The maximum absolute atomic E-state index is 13.3. The normalized spacial score (nSPS) is 25.0. The van der Waals surface area contributed by atoms with Crippen LogP contribution in [0.5, 0.6) is 0 Å². The number of hydrogen-bond acceptors (Lipinski definition) is 10. The van der Waals surface area contributed by atoms with Crippen molar-refractivity contribution in [1.29, 1.82) is 0 Å². The van der Waals surface area contributed by atoms with Crippen molar-refractivity contribution in [2.45, 2.75) is 69.9 Å². The molecule has 1 aromatic heterocycles. The van der Waals surface area contributed by atoms with Crippen molar-refractivity contribution < 1.29 is 36.5 Å². The number of rotatable bonds is 6. The summed E-state index contributed by atoms with van der Waals surface area (Å²) in [5.41, 5.74) is -3.53. The Morgan fingerprint density at radius 3 is 2.37 bits per heavy atom. The van der Waals surface area contributed by atoms with Gasteiger partial charge in [-0.25, -0.2) is 13.8 Å². The monoisotopic (exact) mass is 636 g/mol. The van der Waals surface area contributed by atoms with Gasteiger partial charge >= 0.3 is 11.7 Å². The predicted molar refractivity (Wildman–Crippen MR) is 157 cm³/mol. The summed E-state index contributed by atoms with van der Waals surface area (Å²) in [6.45, 7) is 10.3. The van der Waals surface area contributed by atoms with Crippen molar-refractivity contribution >= 4 is 30.4 Å². The molecular formula is C27H36N4O10SSi. The van der Waals surface area contributed by atoms with Crippen LogP contribution in [0.15, 0.2) is 57.2 Å². The molecule has 3 amide bonds. The fourth-order valence-corrected chi connectivity index (χ4v) is 7.30. The molecule has 2 aliphatic rings. The molecule has 2 aliphatic heterocycles. The summed E-state index contributed by atoms with van der Waals surface area (Å²) in [6.07, 6.45) is -3.06. The minimum atomic E-state index is -4.51. The summed E-state index contributed by atoms with van der Waals surface area (Å²) in [6, 6.07) is 6.79. The van der Waals surface area contributed by atoms with Gasteiger partial charge in [0.05, 0.1) is 17.7 Å². The van der Waals surface area contributed by atoms with Crippen LogP contribution >= 0.6 is 0 Å². The molecule has 0 aliphatic carbocycles. The summed E-state index contributed by atoms with van der Waals surface area (Å²) in [4.78, 5) is 51.5. The number of ether oxygens (including phenoxy) is 1. The van der Waals surface area contributed by atoms with Crippen LogP contribution < -0.4 is 21.9 Å². The van der Waals surface area contributed by atoms with Crippen LogP contribution in [0.2, 0.25) is 18.1 Å². The second-order valence-electron chi connectivity index (χ2n) is 12.0. The molecule has 0 bridgehead atoms. The second-order valence-corrected chi connectivity index (χ2v) is 18.2. The lowest BCUT2D eigenvalue weighted by Gasteiger charge is -2.43. The van der Waals surface area contributed by atoms with Gasteiger partial charge in [0.25, 0.3) is 21.6 Å². The summed E-state index contributed by atoms with van der Waals surface area (Å²) in [5.74, 6) is -0.755. The number of aliphatic hydroxyl groups excluding tert-OH is 1. The van der Waals surface area contributed by atoms with Gasteiger partial charge in [-0.3, -0.25) is 24.0 Å². The largest absolute Gasteiger partial charge is 0.406 e. The maximum Gasteiger partial charge on any atom is 0.332 e. The number of aliphatic hydroxyl groups is 1. The van der Waals surface area contributed by atoms with E-state index in [4.69, 9.17) is 13.3 Å². The Bertz CT molecular complexity index is 1690. The zero-order valence-electron chi connectivity index (χ0n) is 24.9. The highest BCUT2D eigenvalue weighted by Crippen LogP contribution is 2.51. The summed E-state index contributed by atoms with van der Waals surface area (Å²) in [7, 11) is -6.08. The maximum atomic E-state index is 13.3. The molecule has 0 unspecified atom stereocenters. The molecule has 1 fully saturated rings. The van der Waals surface area contributed by atoms with Crippen LogP contribution in [0, 0.1) is 6.92 Å². The number of amides is 3. The van der Waals surface area contributed by atoms with Crippen molar-refractivity contribution in [3.63, 3.8) is 0 Å². The average Bonchev–Trinajstić information content (AvgIpc) is 3.36. The number of imide groups is 1. The number of carbonyl (C=O) groups is 2. The fourth-order valence-electron chi connectivity index (χ4n) is 4.76. The molecule has 4 rings (SSSR count). The number of nitrogens with one attached hydrogen (secondary N) is 2. The second kappa shape index (κ2) is 11.3. The summed E-state index contributed by atoms with van der Waals surface area (Å²) >= 11 is 0. The topological polar surface area (TPSA) is 184 Å². The van der Waals surface area contributed by atoms with E-state index in [0.29, 0.717) is 5.41 Å². The number of carbonyl (C=O) groups excluding carboxylic acids is 2. The van der Waals surface area contributed by atoms with Crippen LogP contribution in [0.3, 0.4) is 0 Å². The first-order chi connectivity index (χ1) is 19.8. The molecule has 1 spiro atoms. The third-order valence-electron chi connectivity index (χ3n) is 8.06. The first-order valence-corrected chi connectivity index (χ1v) is 17.8. The number of nitrogens with zero attached hydrogens (tertiary/aromatic N) is 2. The standard InChI is InChI=1S/C27H36N4O10SSi/c1-16-13-31(25(36)30(5)22(16)34)23-20(40-43(6,7)26(2,3)4)27(19(14-32)39-23)18(15-42(37,38)41-27)28-24(35)29-21(33)17-11-9-8-10-12-17/h8-13,15,19-20,23,32H,14H2,1-7H3,(H2,28,29,33,35)/t19-,20+,23-,27-/m1/s1. The van der Waals surface area contributed by atoms with Gasteiger partial charge in [-0.2, -0.15) is 8.42 Å². The van der Waals surface area contributed by atoms with Crippen LogP contribution in [0.4, 0.5) is 4.79 Å². The Balaban J connectivity index is 1.86. The van der Waals surface area contributed by atoms with E-state index in [1.54, 1.807) is 18.2 Å². The van der Waals surface area contributed by atoms with Gasteiger partial charge in [0.15, 0.2) is 20.1 Å². The number of aryl methyl sites for hydroxylation is 1. The first-order valence-electron chi connectivity index (χ1n) is 13.4. The molecule has 0 saturated carbocycles.